The molecule has 2 aromatic carbocycles. The van der Waals surface area contributed by atoms with Gasteiger partial charge in [0.1, 0.15) is 0 Å². The van der Waals surface area contributed by atoms with Crippen molar-refractivity contribution in [2.45, 2.75) is 39.5 Å². The fourth-order valence-corrected chi connectivity index (χ4v) is 2.78. The molecule has 2 aromatic rings. The van der Waals surface area contributed by atoms with E-state index in [1.54, 1.807) is 7.05 Å². The summed E-state index contributed by atoms with van der Waals surface area (Å²) in [4.78, 5) is 4.28. The van der Waals surface area contributed by atoms with Gasteiger partial charge in [-0.25, -0.2) is 0 Å². The van der Waals surface area contributed by atoms with E-state index in [1.807, 2.05) is 25.1 Å². The standard InChI is InChI=1S/C23H33N3O2.HI/c1-3-27-15-8-7-14-25-23(24-2)26-17-21-12-9-13-22(16-21)19-28-18-20-10-5-4-6-11-20;/h4-6,9-13,16H,3,7-8,14-15,17-19H2,1-2H3,(H2,24,25,26);1H. The lowest BCUT2D eigenvalue weighted by molar-refractivity contribution is 0.107. The predicted molar refractivity (Wildman–Crippen MR) is 131 cm³/mol. The Kier molecular flexibility index (Phi) is 14.2. The van der Waals surface area contributed by atoms with Gasteiger partial charge in [0.05, 0.1) is 13.2 Å². The third-order valence-corrected chi connectivity index (χ3v) is 4.27. The second-order valence-corrected chi connectivity index (χ2v) is 6.55. The number of aliphatic imine (C=N–C) groups is 1. The van der Waals surface area contributed by atoms with E-state index in [9.17, 15) is 0 Å². The molecule has 6 heteroatoms. The first kappa shape index (κ1) is 25.4. The summed E-state index contributed by atoms with van der Waals surface area (Å²) in [5.41, 5.74) is 3.57. The molecule has 0 amide bonds. The highest BCUT2D eigenvalue weighted by molar-refractivity contribution is 14.0. The number of nitrogens with zero attached hydrogens (tertiary/aromatic N) is 1. The third-order valence-electron chi connectivity index (χ3n) is 4.27. The van der Waals surface area contributed by atoms with Crippen LogP contribution in [0.2, 0.25) is 0 Å². The number of hydrogen-bond acceptors (Lipinski definition) is 3. The van der Waals surface area contributed by atoms with Gasteiger partial charge >= 0.3 is 0 Å². The molecule has 2 N–H and O–H groups in total. The summed E-state index contributed by atoms with van der Waals surface area (Å²) in [5, 5.41) is 6.71. The summed E-state index contributed by atoms with van der Waals surface area (Å²) in [6.45, 7) is 6.48. The molecule has 2 rings (SSSR count). The highest BCUT2D eigenvalue weighted by Gasteiger charge is 2.01. The van der Waals surface area contributed by atoms with Crippen LogP contribution in [-0.2, 0) is 29.2 Å². The van der Waals surface area contributed by atoms with Gasteiger partial charge in [-0.05, 0) is 36.5 Å². The molecule has 0 unspecified atom stereocenters. The van der Waals surface area contributed by atoms with Gasteiger partial charge in [-0.2, -0.15) is 0 Å². The molecule has 0 atom stereocenters. The second kappa shape index (κ2) is 16.2. The average molecular weight is 511 g/mol. The number of benzene rings is 2. The summed E-state index contributed by atoms with van der Waals surface area (Å²) >= 11 is 0. The van der Waals surface area contributed by atoms with Crippen LogP contribution in [0.4, 0.5) is 0 Å². The zero-order valence-corrected chi connectivity index (χ0v) is 19.9. The minimum Gasteiger partial charge on any atom is -0.382 e. The van der Waals surface area contributed by atoms with Gasteiger partial charge in [0.15, 0.2) is 5.96 Å². The van der Waals surface area contributed by atoms with Crippen molar-refractivity contribution in [3.8, 4) is 0 Å². The summed E-state index contributed by atoms with van der Waals surface area (Å²) in [5.74, 6) is 0.821. The van der Waals surface area contributed by atoms with Crippen LogP contribution in [0.15, 0.2) is 59.6 Å². The first-order valence-corrected chi connectivity index (χ1v) is 10.0. The molecule has 0 spiro atoms. The monoisotopic (exact) mass is 511 g/mol. The number of rotatable bonds is 12. The summed E-state index contributed by atoms with van der Waals surface area (Å²) in [7, 11) is 1.80. The van der Waals surface area contributed by atoms with E-state index in [4.69, 9.17) is 9.47 Å². The average Bonchev–Trinajstić information content (AvgIpc) is 2.74. The van der Waals surface area contributed by atoms with E-state index >= 15 is 0 Å². The molecule has 5 nitrogen and oxygen atoms in total. The van der Waals surface area contributed by atoms with Gasteiger partial charge in [0.2, 0.25) is 0 Å². The van der Waals surface area contributed by atoms with Crippen LogP contribution in [0.5, 0.6) is 0 Å². The molecule has 0 aliphatic rings. The van der Waals surface area contributed by atoms with E-state index in [0.29, 0.717) is 13.2 Å². The first-order valence-electron chi connectivity index (χ1n) is 10.0. The van der Waals surface area contributed by atoms with Crippen molar-refractivity contribution in [1.82, 2.24) is 10.6 Å². The van der Waals surface area contributed by atoms with Crippen LogP contribution in [0.3, 0.4) is 0 Å². The molecule has 0 bridgehead atoms. The van der Waals surface area contributed by atoms with Crippen molar-refractivity contribution in [1.29, 1.82) is 0 Å². The Morgan fingerprint density at radius 1 is 0.862 bits per heavy atom. The Labute approximate surface area is 192 Å². The van der Waals surface area contributed by atoms with E-state index in [2.05, 4.69) is 52.0 Å². The van der Waals surface area contributed by atoms with E-state index in [-0.39, 0.29) is 24.0 Å². The lowest BCUT2D eigenvalue weighted by atomic mass is 10.1. The van der Waals surface area contributed by atoms with Gasteiger partial charge in [-0.3, -0.25) is 4.99 Å². The maximum atomic E-state index is 5.83. The quantitative estimate of drug-likeness (QED) is 0.191. The molecule has 0 aliphatic heterocycles. The Balaban J connectivity index is 0.00000420. The summed E-state index contributed by atoms with van der Waals surface area (Å²) in [6, 6.07) is 18.7. The zero-order chi connectivity index (χ0) is 19.9. The molecule has 29 heavy (non-hydrogen) atoms. The smallest absolute Gasteiger partial charge is 0.191 e. The number of nitrogens with one attached hydrogen (secondary N) is 2. The zero-order valence-electron chi connectivity index (χ0n) is 17.5. The lowest BCUT2D eigenvalue weighted by Gasteiger charge is -2.12. The van der Waals surface area contributed by atoms with Crippen LogP contribution in [-0.4, -0.2) is 32.8 Å². The Bertz CT molecular complexity index is 696. The molecular formula is C23H34IN3O2. The minimum absolute atomic E-state index is 0. The maximum absolute atomic E-state index is 5.83. The third kappa shape index (κ3) is 11.2. The Hall–Kier alpha value is -1.64. The number of guanidine groups is 1. The maximum Gasteiger partial charge on any atom is 0.191 e. The fraction of sp³-hybridized carbons (Fsp3) is 0.435. The first-order chi connectivity index (χ1) is 13.8. The van der Waals surface area contributed by atoms with Gasteiger partial charge in [-0.1, -0.05) is 54.6 Å². The van der Waals surface area contributed by atoms with Crippen LogP contribution in [0.25, 0.3) is 0 Å². The van der Waals surface area contributed by atoms with Crippen molar-refractivity contribution >= 4 is 29.9 Å². The number of unbranched alkanes of at least 4 members (excludes halogenated alkanes) is 1. The van der Waals surface area contributed by atoms with Crippen LogP contribution in [0.1, 0.15) is 36.5 Å². The van der Waals surface area contributed by atoms with Crippen LogP contribution in [0, 0.1) is 0 Å². The summed E-state index contributed by atoms with van der Waals surface area (Å²) < 4.78 is 11.2. The van der Waals surface area contributed by atoms with Crippen LogP contribution >= 0.6 is 24.0 Å². The highest BCUT2D eigenvalue weighted by atomic mass is 127. The van der Waals surface area contributed by atoms with E-state index in [1.165, 1.54) is 16.7 Å². The van der Waals surface area contributed by atoms with Crippen molar-refractivity contribution in [3.05, 3.63) is 71.3 Å². The Morgan fingerprint density at radius 3 is 2.34 bits per heavy atom. The second-order valence-electron chi connectivity index (χ2n) is 6.55. The van der Waals surface area contributed by atoms with Crippen molar-refractivity contribution in [2.75, 3.05) is 26.8 Å². The number of ether oxygens (including phenoxy) is 2. The molecule has 0 aliphatic carbocycles. The summed E-state index contributed by atoms with van der Waals surface area (Å²) in [6.07, 6.45) is 2.12. The van der Waals surface area contributed by atoms with Crippen molar-refractivity contribution < 1.29 is 9.47 Å². The van der Waals surface area contributed by atoms with E-state index in [0.717, 1.165) is 45.1 Å². The van der Waals surface area contributed by atoms with Crippen molar-refractivity contribution in [2.24, 2.45) is 4.99 Å². The predicted octanol–water partition coefficient (Wildman–Crippen LogP) is 4.50. The molecule has 0 heterocycles. The van der Waals surface area contributed by atoms with Gasteiger partial charge < -0.3 is 20.1 Å². The molecule has 0 fully saturated rings. The molecule has 0 aromatic heterocycles. The number of halogens is 1. The SMILES string of the molecule is CCOCCCCNC(=NC)NCc1cccc(COCc2ccccc2)c1.I. The van der Waals surface area contributed by atoms with Crippen molar-refractivity contribution in [3.63, 3.8) is 0 Å². The normalized spacial score (nSPS) is 11.0. The Morgan fingerprint density at radius 2 is 1.59 bits per heavy atom. The fourth-order valence-electron chi connectivity index (χ4n) is 2.78. The molecule has 0 saturated heterocycles. The van der Waals surface area contributed by atoms with Gasteiger partial charge in [-0.15, -0.1) is 24.0 Å². The largest absolute Gasteiger partial charge is 0.382 e. The van der Waals surface area contributed by atoms with Gasteiger partial charge in [0.25, 0.3) is 0 Å². The number of hydrogen-bond donors (Lipinski definition) is 2. The molecule has 0 radical (unpaired) electrons. The highest BCUT2D eigenvalue weighted by Crippen LogP contribution is 2.09. The molecule has 0 saturated carbocycles. The topological polar surface area (TPSA) is 54.9 Å². The van der Waals surface area contributed by atoms with Gasteiger partial charge in [0, 0.05) is 33.4 Å². The van der Waals surface area contributed by atoms with E-state index < -0.39 is 0 Å². The minimum atomic E-state index is 0. The molecular weight excluding hydrogens is 477 g/mol. The van der Waals surface area contributed by atoms with Crippen LogP contribution < -0.4 is 10.6 Å². The molecule has 160 valence electrons. The lowest BCUT2D eigenvalue weighted by Crippen LogP contribution is -2.37.